The summed E-state index contributed by atoms with van der Waals surface area (Å²) in [7, 11) is 1.62. The van der Waals surface area contributed by atoms with E-state index in [1.54, 1.807) is 7.05 Å². The van der Waals surface area contributed by atoms with Gasteiger partial charge in [-0.2, -0.15) is 0 Å². The fourth-order valence-electron chi connectivity index (χ4n) is 2.50. The van der Waals surface area contributed by atoms with Crippen LogP contribution in [-0.2, 0) is 9.59 Å². The highest BCUT2D eigenvalue weighted by Crippen LogP contribution is 2.19. The first kappa shape index (κ1) is 20.0. The molecule has 0 unspecified atom stereocenters. The van der Waals surface area contributed by atoms with Gasteiger partial charge in [-0.05, 0) is 43.2 Å². The Morgan fingerprint density at radius 2 is 1.77 bits per heavy atom. The van der Waals surface area contributed by atoms with Crippen LogP contribution in [0, 0.1) is 13.8 Å². The van der Waals surface area contributed by atoms with Gasteiger partial charge in [0, 0.05) is 17.2 Å². The van der Waals surface area contributed by atoms with Crippen molar-refractivity contribution < 1.29 is 14.3 Å². The van der Waals surface area contributed by atoms with Crippen molar-refractivity contribution >= 4 is 33.4 Å². The molecule has 2 aromatic carbocycles. The Kier molecular flexibility index (Phi) is 7.21. The van der Waals surface area contributed by atoms with Crippen LogP contribution in [-0.4, -0.2) is 36.9 Å². The Morgan fingerprint density at radius 3 is 2.42 bits per heavy atom. The van der Waals surface area contributed by atoms with Gasteiger partial charge in [0.05, 0.1) is 19.6 Å². The van der Waals surface area contributed by atoms with Crippen molar-refractivity contribution in [3.05, 3.63) is 58.1 Å². The number of aryl methyl sites for hydroxylation is 2. The molecule has 1 N–H and O–H groups in total. The van der Waals surface area contributed by atoms with Gasteiger partial charge in [0.25, 0.3) is 0 Å². The Morgan fingerprint density at radius 1 is 1.12 bits per heavy atom. The van der Waals surface area contributed by atoms with Crippen molar-refractivity contribution in [3.8, 4) is 5.75 Å². The number of benzene rings is 2. The van der Waals surface area contributed by atoms with Gasteiger partial charge in [-0.3, -0.25) is 9.59 Å². The summed E-state index contributed by atoms with van der Waals surface area (Å²) >= 11 is 3.37. The highest BCUT2D eigenvalue weighted by atomic mass is 79.9. The molecule has 0 aliphatic heterocycles. The second-order valence-electron chi connectivity index (χ2n) is 6.12. The van der Waals surface area contributed by atoms with Crippen LogP contribution in [0.1, 0.15) is 17.5 Å². The van der Waals surface area contributed by atoms with Crippen LogP contribution in [0.15, 0.2) is 46.9 Å². The molecule has 138 valence electrons. The Balaban J connectivity index is 1.80. The summed E-state index contributed by atoms with van der Waals surface area (Å²) in [5.74, 6) is 0.338. The fourth-order valence-corrected chi connectivity index (χ4v) is 2.88. The number of nitrogens with one attached hydrogen (secondary N) is 1. The Bertz CT molecular complexity index is 772. The van der Waals surface area contributed by atoms with Gasteiger partial charge in [0.2, 0.25) is 11.8 Å². The van der Waals surface area contributed by atoms with E-state index in [0.29, 0.717) is 5.75 Å². The molecule has 0 aliphatic rings. The first-order chi connectivity index (χ1) is 12.4. The first-order valence-corrected chi connectivity index (χ1v) is 9.14. The zero-order valence-corrected chi connectivity index (χ0v) is 16.8. The summed E-state index contributed by atoms with van der Waals surface area (Å²) in [6.07, 6.45) is 0.208. The van der Waals surface area contributed by atoms with Gasteiger partial charge in [0.15, 0.2) is 0 Å². The van der Waals surface area contributed by atoms with Gasteiger partial charge in [-0.1, -0.05) is 40.2 Å². The predicted molar refractivity (Wildman–Crippen MR) is 106 cm³/mol. The zero-order chi connectivity index (χ0) is 19.1. The topological polar surface area (TPSA) is 58.6 Å². The number of rotatable bonds is 7. The van der Waals surface area contributed by atoms with Gasteiger partial charge in [-0.25, -0.2) is 0 Å². The molecule has 0 radical (unpaired) electrons. The summed E-state index contributed by atoms with van der Waals surface area (Å²) in [6.45, 7) is 4.15. The van der Waals surface area contributed by atoms with Crippen LogP contribution < -0.4 is 10.1 Å². The number of carbonyl (C=O) groups excluding carboxylic acids is 2. The lowest BCUT2D eigenvalue weighted by molar-refractivity contribution is -0.133. The number of ether oxygens (including phenoxy) is 1. The van der Waals surface area contributed by atoms with Crippen LogP contribution in [0.4, 0.5) is 5.69 Å². The molecule has 2 rings (SSSR count). The van der Waals surface area contributed by atoms with E-state index in [1.165, 1.54) is 4.90 Å². The summed E-state index contributed by atoms with van der Waals surface area (Å²) in [5, 5.41) is 2.88. The van der Waals surface area contributed by atoms with E-state index in [9.17, 15) is 9.59 Å². The SMILES string of the molecule is Cc1cccc(C)c1NC(=O)CN(C)C(=O)CCOc1cccc(Br)c1. The number of halogens is 1. The maximum absolute atomic E-state index is 12.2. The number of anilines is 1. The molecule has 26 heavy (non-hydrogen) atoms. The number of hydrogen-bond donors (Lipinski definition) is 1. The molecule has 2 aromatic rings. The van der Waals surface area contributed by atoms with Crippen molar-refractivity contribution in [2.45, 2.75) is 20.3 Å². The third-order valence-corrected chi connectivity index (χ3v) is 4.43. The van der Waals surface area contributed by atoms with Crippen molar-refractivity contribution in [3.63, 3.8) is 0 Å². The second-order valence-corrected chi connectivity index (χ2v) is 7.04. The largest absolute Gasteiger partial charge is 0.493 e. The standard InChI is InChI=1S/C20H23BrN2O3/c1-14-6-4-7-15(2)20(14)22-18(24)13-23(3)19(25)10-11-26-17-9-5-8-16(21)12-17/h4-9,12H,10-11,13H2,1-3H3,(H,22,24). The minimum Gasteiger partial charge on any atom is -0.493 e. The van der Waals surface area contributed by atoms with Crippen LogP contribution in [0.2, 0.25) is 0 Å². The van der Waals surface area contributed by atoms with Crippen molar-refractivity contribution in [1.82, 2.24) is 4.90 Å². The minimum atomic E-state index is -0.217. The zero-order valence-electron chi connectivity index (χ0n) is 15.2. The highest BCUT2D eigenvalue weighted by molar-refractivity contribution is 9.10. The molecule has 5 nitrogen and oxygen atoms in total. The molecule has 0 aliphatic carbocycles. The predicted octanol–water partition coefficient (Wildman–Crippen LogP) is 3.93. The van der Waals surface area contributed by atoms with E-state index in [0.717, 1.165) is 21.3 Å². The monoisotopic (exact) mass is 418 g/mol. The number of carbonyl (C=O) groups is 2. The van der Waals surface area contributed by atoms with Crippen LogP contribution in [0.3, 0.4) is 0 Å². The van der Waals surface area contributed by atoms with E-state index in [1.807, 2.05) is 56.3 Å². The molecule has 0 heterocycles. The lowest BCUT2D eigenvalue weighted by Gasteiger charge is -2.18. The lowest BCUT2D eigenvalue weighted by atomic mass is 10.1. The highest BCUT2D eigenvalue weighted by Gasteiger charge is 2.14. The first-order valence-electron chi connectivity index (χ1n) is 8.35. The van der Waals surface area contributed by atoms with Gasteiger partial charge in [0.1, 0.15) is 5.75 Å². The molecular formula is C20H23BrN2O3. The third kappa shape index (κ3) is 5.88. The smallest absolute Gasteiger partial charge is 0.243 e. The second kappa shape index (κ2) is 9.38. The van der Waals surface area contributed by atoms with E-state index >= 15 is 0 Å². The third-order valence-electron chi connectivity index (χ3n) is 3.93. The molecule has 0 saturated carbocycles. The number of amides is 2. The molecule has 6 heteroatoms. The molecule has 0 atom stereocenters. The van der Waals surface area contributed by atoms with Gasteiger partial charge in [-0.15, -0.1) is 0 Å². The van der Waals surface area contributed by atoms with Crippen LogP contribution in [0.5, 0.6) is 5.75 Å². The summed E-state index contributed by atoms with van der Waals surface area (Å²) in [6, 6.07) is 13.3. The van der Waals surface area contributed by atoms with E-state index in [-0.39, 0.29) is 31.4 Å². The van der Waals surface area contributed by atoms with Gasteiger partial charge >= 0.3 is 0 Å². The maximum Gasteiger partial charge on any atom is 0.243 e. The molecule has 0 bridgehead atoms. The van der Waals surface area contributed by atoms with Gasteiger partial charge < -0.3 is 15.0 Å². The molecule has 0 spiro atoms. The molecule has 0 saturated heterocycles. The maximum atomic E-state index is 12.2. The average Bonchev–Trinajstić information content (AvgIpc) is 2.58. The summed E-state index contributed by atoms with van der Waals surface area (Å²) in [4.78, 5) is 25.8. The molecule has 2 amide bonds. The van der Waals surface area contributed by atoms with E-state index in [2.05, 4.69) is 21.2 Å². The molecule has 0 aromatic heterocycles. The Hall–Kier alpha value is -2.34. The number of para-hydroxylation sites is 1. The fraction of sp³-hybridized carbons (Fsp3) is 0.300. The number of likely N-dealkylation sites (N-methyl/N-ethyl adjacent to an activating group) is 1. The molecule has 0 fully saturated rings. The number of hydrogen-bond acceptors (Lipinski definition) is 3. The van der Waals surface area contributed by atoms with E-state index < -0.39 is 0 Å². The summed E-state index contributed by atoms with van der Waals surface area (Å²) < 4.78 is 6.48. The number of nitrogens with zero attached hydrogens (tertiary/aromatic N) is 1. The quantitative estimate of drug-likeness (QED) is 0.740. The Labute approximate surface area is 162 Å². The van der Waals surface area contributed by atoms with Crippen LogP contribution >= 0.6 is 15.9 Å². The van der Waals surface area contributed by atoms with E-state index in [4.69, 9.17) is 4.74 Å². The molecular weight excluding hydrogens is 396 g/mol. The van der Waals surface area contributed by atoms with Crippen molar-refractivity contribution in [1.29, 1.82) is 0 Å². The summed E-state index contributed by atoms with van der Waals surface area (Å²) in [5.41, 5.74) is 2.79. The van der Waals surface area contributed by atoms with Crippen LogP contribution in [0.25, 0.3) is 0 Å². The normalized spacial score (nSPS) is 10.3. The average molecular weight is 419 g/mol. The lowest BCUT2D eigenvalue weighted by Crippen LogP contribution is -2.35. The van der Waals surface area contributed by atoms with Crippen molar-refractivity contribution in [2.75, 3.05) is 25.5 Å². The minimum absolute atomic E-state index is 0.00347. The van der Waals surface area contributed by atoms with Crippen molar-refractivity contribution in [2.24, 2.45) is 0 Å².